The highest BCUT2D eigenvalue weighted by Gasteiger charge is 2.21. The van der Waals surface area contributed by atoms with E-state index in [-0.39, 0.29) is 23.8 Å². The first-order valence-corrected chi connectivity index (χ1v) is 11.3. The van der Waals surface area contributed by atoms with Crippen LogP contribution >= 0.6 is 0 Å². The van der Waals surface area contributed by atoms with Crippen molar-refractivity contribution in [1.29, 1.82) is 0 Å². The SMILES string of the molecule is CCC(=O)c1c(-c2ccc(F)cc2)oc2ccc(-c3cccc(C(=O)Cc4cnccn4)c3)cc12. The lowest BCUT2D eigenvalue weighted by Crippen LogP contribution is -2.05. The van der Waals surface area contributed by atoms with Gasteiger partial charge in [0.15, 0.2) is 11.6 Å². The molecule has 0 fully saturated rings. The second kappa shape index (κ2) is 9.43. The fourth-order valence-corrected chi connectivity index (χ4v) is 4.10. The highest BCUT2D eigenvalue weighted by molar-refractivity contribution is 6.12. The van der Waals surface area contributed by atoms with Crippen molar-refractivity contribution in [2.24, 2.45) is 0 Å². The summed E-state index contributed by atoms with van der Waals surface area (Å²) in [5.41, 5.74) is 4.55. The Morgan fingerprint density at radius 1 is 0.886 bits per heavy atom. The standard InChI is InChI=1S/C29H21FN2O3/c1-2-25(33)28-24-15-20(8-11-27(24)35-29(28)18-6-9-22(30)10-7-18)19-4-3-5-21(14-19)26(34)16-23-17-31-12-13-32-23/h3-15,17H,2,16H2,1H3. The van der Waals surface area contributed by atoms with Gasteiger partial charge >= 0.3 is 0 Å². The molecule has 0 radical (unpaired) electrons. The van der Waals surface area contributed by atoms with Crippen LogP contribution in [0.15, 0.2) is 89.7 Å². The Labute approximate surface area is 201 Å². The minimum absolute atomic E-state index is 0.0582. The molecule has 0 bridgehead atoms. The number of benzene rings is 3. The van der Waals surface area contributed by atoms with Gasteiger partial charge in [-0.2, -0.15) is 0 Å². The number of rotatable bonds is 7. The van der Waals surface area contributed by atoms with Gasteiger partial charge in [0.05, 0.1) is 17.7 Å². The number of halogens is 1. The fraction of sp³-hybridized carbons (Fsp3) is 0.103. The Bertz CT molecular complexity index is 1540. The topological polar surface area (TPSA) is 73.1 Å². The van der Waals surface area contributed by atoms with Crippen molar-refractivity contribution in [2.45, 2.75) is 19.8 Å². The first kappa shape index (κ1) is 22.3. The van der Waals surface area contributed by atoms with Gasteiger partial charge in [0.1, 0.15) is 17.2 Å². The normalized spacial score (nSPS) is 11.0. The van der Waals surface area contributed by atoms with Gasteiger partial charge in [-0.05, 0) is 53.6 Å². The quantitative estimate of drug-likeness (QED) is 0.250. The molecule has 0 amide bonds. The number of carbonyl (C=O) groups is 2. The third-order valence-corrected chi connectivity index (χ3v) is 5.87. The number of hydrogen-bond donors (Lipinski definition) is 0. The summed E-state index contributed by atoms with van der Waals surface area (Å²) in [4.78, 5) is 33.9. The molecule has 0 aliphatic heterocycles. The van der Waals surface area contributed by atoms with Crippen LogP contribution in [0.4, 0.5) is 4.39 Å². The molecule has 0 aliphatic rings. The maximum Gasteiger partial charge on any atom is 0.168 e. The maximum atomic E-state index is 13.5. The summed E-state index contributed by atoms with van der Waals surface area (Å²) in [5.74, 6) is -0.0496. The lowest BCUT2D eigenvalue weighted by atomic mass is 9.96. The monoisotopic (exact) mass is 464 g/mol. The van der Waals surface area contributed by atoms with E-state index in [2.05, 4.69) is 9.97 Å². The summed E-state index contributed by atoms with van der Waals surface area (Å²) in [6.07, 6.45) is 5.18. The van der Waals surface area contributed by atoms with E-state index in [0.29, 0.717) is 45.5 Å². The molecule has 6 heteroatoms. The number of hydrogen-bond acceptors (Lipinski definition) is 5. The minimum Gasteiger partial charge on any atom is -0.455 e. The molecule has 0 saturated heterocycles. The predicted molar refractivity (Wildman–Crippen MR) is 132 cm³/mol. The van der Waals surface area contributed by atoms with Crippen molar-refractivity contribution in [3.63, 3.8) is 0 Å². The molecule has 0 atom stereocenters. The molecule has 172 valence electrons. The molecule has 5 aromatic rings. The average Bonchev–Trinajstić information content (AvgIpc) is 3.28. The van der Waals surface area contributed by atoms with Crippen molar-refractivity contribution in [3.8, 4) is 22.5 Å². The van der Waals surface area contributed by atoms with Gasteiger partial charge in [0.25, 0.3) is 0 Å². The van der Waals surface area contributed by atoms with E-state index in [0.717, 1.165) is 11.1 Å². The van der Waals surface area contributed by atoms with E-state index in [1.54, 1.807) is 43.7 Å². The van der Waals surface area contributed by atoms with E-state index in [9.17, 15) is 14.0 Å². The van der Waals surface area contributed by atoms with Crippen molar-refractivity contribution < 1.29 is 18.4 Å². The number of ketones is 2. The van der Waals surface area contributed by atoms with Crippen LogP contribution in [0.25, 0.3) is 33.4 Å². The Hall–Kier alpha value is -4.45. The summed E-state index contributed by atoms with van der Waals surface area (Å²) >= 11 is 0. The van der Waals surface area contributed by atoms with Crippen LogP contribution in [-0.4, -0.2) is 21.5 Å². The van der Waals surface area contributed by atoms with Crippen LogP contribution in [0.1, 0.15) is 39.8 Å². The van der Waals surface area contributed by atoms with E-state index in [1.807, 2.05) is 36.4 Å². The van der Waals surface area contributed by atoms with E-state index in [1.165, 1.54) is 12.1 Å². The molecule has 5 rings (SSSR count). The van der Waals surface area contributed by atoms with Gasteiger partial charge in [0.2, 0.25) is 0 Å². The molecule has 0 N–H and O–H groups in total. The second-order valence-corrected chi connectivity index (χ2v) is 8.18. The fourth-order valence-electron chi connectivity index (χ4n) is 4.10. The van der Waals surface area contributed by atoms with Gasteiger partial charge in [0, 0.05) is 41.5 Å². The highest BCUT2D eigenvalue weighted by atomic mass is 19.1. The Morgan fingerprint density at radius 2 is 1.66 bits per heavy atom. The summed E-state index contributed by atoms with van der Waals surface area (Å²) in [7, 11) is 0. The summed E-state index contributed by atoms with van der Waals surface area (Å²) in [5, 5.41) is 0.685. The Balaban J connectivity index is 1.55. The molecule has 2 heterocycles. The van der Waals surface area contributed by atoms with Crippen LogP contribution in [-0.2, 0) is 6.42 Å². The third-order valence-electron chi connectivity index (χ3n) is 5.87. The summed E-state index contributed by atoms with van der Waals surface area (Å²) in [6.45, 7) is 1.80. The highest BCUT2D eigenvalue weighted by Crippen LogP contribution is 2.37. The number of Topliss-reactive ketones (excluding diaryl/α,β-unsaturated/α-hetero) is 2. The van der Waals surface area contributed by atoms with Crippen LogP contribution in [0.3, 0.4) is 0 Å². The van der Waals surface area contributed by atoms with Crippen molar-refractivity contribution >= 4 is 22.5 Å². The molecule has 35 heavy (non-hydrogen) atoms. The molecule has 0 unspecified atom stereocenters. The molecule has 0 saturated carbocycles. The number of furan rings is 1. The van der Waals surface area contributed by atoms with Crippen LogP contribution in [0.5, 0.6) is 0 Å². The van der Waals surface area contributed by atoms with Crippen LogP contribution in [0, 0.1) is 5.82 Å². The average molecular weight is 464 g/mol. The van der Waals surface area contributed by atoms with E-state index < -0.39 is 0 Å². The first-order chi connectivity index (χ1) is 17.0. The lowest BCUT2D eigenvalue weighted by Gasteiger charge is -2.06. The second-order valence-electron chi connectivity index (χ2n) is 8.18. The van der Waals surface area contributed by atoms with Crippen LogP contribution < -0.4 is 0 Å². The summed E-state index contributed by atoms with van der Waals surface area (Å²) in [6, 6.07) is 18.9. The third kappa shape index (κ3) is 4.51. The number of nitrogens with zero attached hydrogens (tertiary/aromatic N) is 2. The molecule has 2 aromatic heterocycles. The van der Waals surface area contributed by atoms with Gasteiger partial charge in [-0.15, -0.1) is 0 Å². The number of aromatic nitrogens is 2. The Kier molecular flexibility index (Phi) is 6.02. The van der Waals surface area contributed by atoms with Crippen LogP contribution in [0.2, 0.25) is 0 Å². The van der Waals surface area contributed by atoms with E-state index >= 15 is 0 Å². The molecule has 0 aliphatic carbocycles. The molecular formula is C29H21FN2O3. The maximum absolute atomic E-state index is 13.5. The zero-order chi connectivity index (χ0) is 24.4. The molecule has 0 spiro atoms. The lowest BCUT2D eigenvalue weighted by molar-refractivity contribution is 0.0982. The van der Waals surface area contributed by atoms with Crippen molar-refractivity contribution in [2.75, 3.05) is 0 Å². The van der Waals surface area contributed by atoms with Crippen molar-refractivity contribution in [3.05, 3.63) is 108 Å². The largest absolute Gasteiger partial charge is 0.455 e. The zero-order valence-electron chi connectivity index (χ0n) is 19.0. The molecule has 5 nitrogen and oxygen atoms in total. The number of carbonyl (C=O) groups excluding carboxylic acids is 2. The first-order valence-electron chi connectivity index (χ1n) is 11.3. The Morgan fingerprint density at radius 3 is 2.40 bits per heavy atom. The number of fused-ring (bicyclic) bond motifs is 1. The van der Waals surface area contributed by atoms with E-state index in [4.69, 9.17) is 4.42 Å². The van der Waals surface area contributed by atoms with Gasteiger partial charge in [-0.25, -0.2) is 4.39 Å². The minimum atomic E-state index is -0.357. The van der Waals surface area contributed by atoms with Gasteiger partial charge in [-0.1, -0.05) is 31.2 Å². The summed E-state index contributed by atoms with van der Waals surface area (Å²) < 4.78 is 19.5. The smallest absolute Gasteiger partial charge is 0.168 e. The van der Waals surface area contributed by atoms with Gasteiger partial charge in [-0.3, -0.25) is 19.6 Å². The zero-order valence-corrected chi connectivity index (χ0v) is 19.0. The molecular weight excluding hydrogens is 443 g/mol. The van der Waals surface area contributed by atoms with Crippen molar-refractivity contribution in [1.82, 2.24) is 9.97 Å². The van der Waals surface area contributed by atoms with Gasteiger partial charge < -0.3 is 4.42 Å². The predicted octanol–water partition coefficient (Wildman–Crippen LogP) is 6.71. The molecule has 3 aromatic carbocycles.